The van der Waals surface area contributed by atoms with Crippen LogP contribution < -0.4 is 15.4 Å². The van der Waals surface area contributed by atoms with E-state index in [2.05, 4.69) is 72.7 Å². The summed E-state index contributed by atoms with van der Waals surface area (Å²) < 4.78 is 5.24. The van der Waals surface area contributed by atoms with Gasteiger partial charge >= 0.3 is 6.03 Å². The quantitative estimate of drug-likeness (QED) is 0.332. The summed E-state index contributed by atoms with van der Waals surface area (Å²) in [7, 11) is 5.76. The molecule has 3 atom stereocenters. The zero-order valence-corrected chi connectivity index (χ0v) is 24.8. The second kappa shape index (κ2) is 15.7. The van der Waals surface area contributed by atoms with Gasteiger partial charge in [-0.3, -0.25) is 0 Å². The average Bonchev–Trinajstić information content (AvgIpc) is 2.95. The number of nitrogens with zero attached hydrogens (tertiary/aromatic N) is 2. The minimum Gasteiger partial charge on any atom is -0.497 e. The molecule has 2 N–H and O–H groups in total. The van der Waals surface area contributed by atoms with Crippen LogP contribution in [0.1, 0.15) is 43.4 Å². The molecule has 4 rings (SSSR count). The molecule has 2 amide bonds. The molecule has 0 spiro atoms. The number of hydrogen-bond donors (Lipinski definition) is 2. The molecule has 40 heavy (non-hydrogen) atoms. The van der Waals surface area contributed by atoms with Crippen molar-refractivity contribution in [3.8, 4) is 17.6 Å². The van der Waals surface area contributed by atoms with Gasteiger partial charge in [0.25, 0.3) is 0 Å². The van der Waals surface area contributed by atoms with E-state index in [1.54, 1.807) is 7.11 Å². The molecule has 3 aromatic rings. The van der Waals surface area contributed by atoms with Gasteiger partial charge in [0, 0.05) is 55.0 Å². The van der Waals surface area contributed by atoms with Crippen molar-refractivity contribution in [3.05, 3.63) is 95.6 Å². The Bertz CT molecular complexity index is 1230. The monoisotopic (exact) mass is 540 g/mol. The summed E-state index contributed by atoms with van der Waals surface area (Å²) in [5, 5.41) is 6.63. The van der Waals surface area contributed by atoms with Crippen LogP contribution in [0.5, 0.6) is 5.75 Å². The van der Waals surface area contributed by atoms with Crippen LogP contribution in [0.3, 0.4) is 0 Å². The van der Waals surface area contributed by atoms with E-state index in [0.717, 1.165) is 35.7 Å². The predicted molar refractivity (Wildman–Crippen MR) is 166 cm³/mol. The van der Waals surface area contributed by atoms with Crippen LogP contribution in [-0.4, -0.2) is 69.3 Å². The van der Waals surface area contributed by atoms with Gasteiger partial charge in [0.15, 0.2) is 0 Å². The number of ether oxygens (including phenoxy) is 1. The van der Waals surface area contributed by atoms with Crippen LogP contribution in [-0.2, 0) is 0 Å². The molecule has 212 valence electrons. The van der Waals surface area contributed by atoms with Crippen LogP contribution in [0.25, 0.3) is 0 Å². The van der Waals surface area contributed by atoms with Gasteiger partial charge in [-0.1, -0.05) is 62.9 Å². The molecule has 3 aromatic carbocycles. The minimum absolute atomic E-state index is 0.0836. The minimum atomic E-state index is -0.0836. The number of rotatable bonds is 9. The molecule has 6 heteroatoms. The highest BCUT2D eigenvalue weighted by atomic mass is 16.5. The second-order valence-electron chi connectivity index (χ2n) is 10.3. The van der Waals surface area contributed by atoms with E-state index in [1.807, 2.05) is 73.3 Å². The van der Waals surface area contributed by atoms with Crippen molar-refractivity contribution in [2.24, 2.45) is 5.92 Å². The van der Waals surface area contributed by atoms with Crippen LogP contribution >= 0.6 is 0 Å². The molecule has 0 bridgehead atoms. The third-order valence-electron chi connectivity index (χ3n) is 6.80. The normalized spacial score (nSPS) is 16.4. The van der Waals surface area contributed by atoms with Crippen LogP contribution in [0.4, 0.5) is 10.5 Å². The highest BCUT2D eigenvalue weighted by Crippen LogP contribution is 2.27. The van der Waals surface area contributed by atoms with Crippen LogP contribution in [0.2, 0.25) is 0 Å². The molecule has 1 aliphatic rings. The van der Waals surface area contributed by atoms with Crippen molar-refractivity contribution in [2.45, 2.75) is 32.7 Å². The van der Waals surface area contributed by atoms with Gasteiger partial charge < -0.3 is 25.2 Å². The van der Waals surface area contributed by atoms with Crippen molar-refractivity contribution < 1.29 is 9.53 Å². The van der Waals surface area contributed by atoms with Gasteiger partial charge in [-0.2, -0.15) is 0 Å². The topological polar surface area (TPSA) is 56.8 Å². The van der Waals surface area contributed by atoms with Gasteiger partial charge in [-0.05, 0) is 74.1 Å². The molecule has 6 nitrogen and oxygen atoms in total. The lowest BCUT2D eigenvalue weighted by molar-refractivity contribution is 0.167. The highest BCUT2D eigenvalue weighted by molar-refractivity contribution is 5.89. The summed E-state index contributed by atoms with van der Waals surface area (Å²) in [6.45, 7) is 9.33. The Hall–Kier alpha value is -3.79. The lowest BCUT2D eigenvalue weighted by Gasteiger charge is -2.42. The Kier molecular flexibility index (Phi) is 12.1. The van der Waals surface area contributed by atoms with E-state index in [-0.39, 0.29) is 12.1 Å². The van der Waals surface area contributed by atoms with Crippen molar-refractivity contribution in [1.29, 1.82) is 0 Å². The number of anilines is 1. The Morgan fingerprint density at radius 1 is 0.950 bits per heavy atom. The first-order valence-electron chi connectivity index (χ1n) is 14.2. The summed E-state index contributed by atoms with van der Waals surface area (Å²) >= 11 is 0. The number of carbonyl (C=O) groups excluding carboxylic acids is 1. The first-order valence-corrected chi connectivity index (χ1v) is 14.2. The maximum atomic E-state index is 13.4. The van der Waals surface area contributed by atoms with E-state index < -0.39 is 0 Å². The van der Waals surface area contributed by atoms with E-state index in [1.165, 1.54) is 5.56 Å². The van der Waals surface area contributed by atoms with E-state index in [0.29, 0.717) is 24.9 Å². The molecule has 0 saturated carbocycles. The number of hydrogen-bond acceptors (Lipinski definition) is 4. The van der Waals surface area contributed by atoms with Gasteiger partial charge in [-0.15, -0.1) is 0 Å². The number of amides is 2. The lowest BCUT2D eigenvalue weighted by Crippen LogP contribution is -2.58. The SMILES string of the molecule is CC.COc1ccc(NC(=O)N(CC(C)CN(C)C)C[C@@H]2NC[C@@H]2c2ccc(C#Cc3ccccc3)cc2)cc1. The molecule has 0 aromatic heterocycles. The first kappa shape index (κ1) is 30.7. The first-order chi connectivity index (χ1) is 19.4. The molecule has 1 aliphatic heterocycles. The third-order valence-corrected chi connectivity index (χ3v) is 6.80. The van der Waals surface area contributed by atoms with Crippen molar-refractivity contribution in [3.63, 3.8) is 0 Å². The molecule has 0 aliphatic carbocycles. The van der Waals surface area contributed by atoms with Gasteiger partial charge in [0.2, 0.25) is 0 Å². The summed E-state index contributed by atoms with van der Waals surface area (Å²) in [6, 6.07) is 26.1. The second-order valence-corrected chi connectivity index (χ2v) is 10.3. The van der Waals surface area contributed by atoms with Gasteiger partial charge in [0.05, 0.1) is 7.11 Å². The Balaban J connectivity index is 0.00000216. The number of nitrogens with one attached hydrogen (secondary N) is 2. The number of methoxy groups -OCH3 is 1. The summed E-state index contributed by atoms with van der Waals surface area (Å²) in [6.07, 6.45) is 0. The standard InChI is InChI=1S/C32H38N4O2.C2H6/c1-24(21-35(2)3)22-36(32(37)34-28-16-18-29(38-4)19-17-28)23-31-30(20-33-31)27-14-12-26(13-15-27)11-10-25-8-6-5-7-9-25;1-2/h5-9,12-19,24,30-31,33H,20-23H2,1-4H3,(H,34,37);1-2H3/t24?,30-,31+;/m1./s1. The van der Waals surface area contributed by atoms with Crippen LogP contribution in [0, 0.1) is 17.8 Å². The molecule has 1 unspecified atom stereocenters. The lowest BCUT2D eigenvalue weighted by atomic mass is 9.84. The summed E-state index contributed by atoms with van der Waals surface area (Å²) in [5.74, 6) is 7.92. The van der Waals surface area contributed by atoms with Crippen molar-refractivity contribution >= 4 is 11.7 Å². The maximum Gasteiger partial charge on any atom is 0.321 e. The molecular formula is C34H44N4O2. The Morgan fingerprint density at radius 3 is 2.12 bits per heavy atom. The Labute approximate surface area is 240 Å². The van der Waals surface area contributed by atoms with Gasteiger partial charge in [0.1, 0.15) is 5.75 Å². The fourth-order valence-corrected chi connectivity index (χ4v) is 4.84. The summed E-state index contributed by atoms with van der Waals surface area (Å²) in [4.78, 5) is 17.5. The fraction of sp³-hybridized carbons (Fsp3) is 0.382. The largest absolute Gasteiger partial charge is 0.497 e. The maximum absolute atomic E-state index is 13.4. The summed E-state index contributed by atoms with van der Waals surface area (Å²) in [5.41, 5.74) is 4.04. The number of carbonyl (C=O) groups is 1. The molecule has 1 heterocycles. The predicted octanol–water partition coefficient (Wildman–Crippen LogP) is 5.91. The van der Waals surface area contributed by atoms with Crippen LogP contribution in [0.15, 0.2) is 78.9 Å². The van der Waals surface area contributed by atoms with E-state index in [9.17, 15) is 4.79 Å². The fourth-order valence-electron chi connectivity index (χ4n) is 4.84. The van der Waals surface area contributed by atoms with Crippen molar-refractivity contribution in [1.82, 2.24) is 15.1 Å². The van der Waals surface area contributed by atoms with E-state index >= 15 is 0 Å². The molecule has 1 saturated heterocycles. The highest BCUT2D eigenvalue weighted by Gasteiger charge is 2.34. The molecule has 1 fully saturated rings. The van der Waals surface area contributed by atoms with E-state index in [4.69, 9.17) is 4.74 Å². The zero-order valence-electron chi connectivity index (χ0n) is 24.8. The number of urea groups is 1. The molecular weight excluding hydrogens is 496 g/mol. The zero-order chi connectivity index (χ0) is 28.9. The Morgan fingerprint density at radius 2 is 1.57 bits per heavy atom. The molecule has 0 radical (unpaired) electrons. The van der Waals surface area contributed by atoms with Crippen molar-refractivity contribution in [2.75, 3.05) is 52.7 Å². The third kappa shape index (κ3) is 9.15. The smallest absolute Gasteiger partial charge is 0.321 e. The average molecular weight is 541 g/mol. The number of benzene rings is 3. The van der Waals surface area contributed by atoms with Gasteiger partial charge in [-0.25, -0.2) is 4.79 Å².